The van der Waals surface area contributed by atoms with Crippen LogP contribution in [-0.4, -0.2) is 17.1 Å². The zero-order chi connectivity index (χ0) is 23.9. The Kier molecular flexibility index (Phi) is 8.31. The molecule has 5 rings (SSSR count). The van der Waals surface area contributed by atoms with Crippen molar-refractivity contribution in [2.24, 2.45) is 15.0 Å². The van der Waals surface area contributed by atoms with Crippen molar-refractivity contribution < 1.29 is 13.1 Å². The molecule has 0 spiro atoms. The molecule has 34 heavy (non-hydrogen) atoms. The zero-order valence-electron chi connectivity index (χ0n) is 18.8. The Morgan fingerprint density at radius 2 is 1.18 bits per heavy atom. The summed E-state index contributed by atoms with van der Waals surface area (Å²) < 4.78 is 0. The van der Waals surface area contributed by atoms with E-state index in [0.717, 1.165) is 51.4 Å². The minimum atomic E-state index is 0.194. The van der Waals surface area contributed by atoms with E-state index in [1.54, 1.807) is 0 Å². The van der Waals surface area contributed by atoms with E-state index in [4.69, 9.17) is 35.2 Å². The van der Waals surface area contributed by atoms with Gasteiger partial charge >= 0.3 is 33.3 Å². The van der Waals surface area contributed by atoms with E-state index in [1.165, 1.54) is 10.8 Å². The molecule has 3 nitrogen and oxygen atoms in total. The summed E-state index contributed by atoms with van der Waals surface area (Å²) in [6.07, 6.45) is 2.92. The van der Waals surface area contributed by atoms with Crippen LogP contribution in [0, 0.1) is 0 Å². The van der Waals surface area contributed by atoms with Crippen LogP contribution in [0.5, 0.6) is 0 Å². The van der Waals surface area contributed by atoms with Gasteiger partial charge in [0.1, 0.15) is 0 Å². The molecule has 1 aliphatic rings. The average molecular weight is 528 g/mol. The summed E-state index contributed by atoms with van der Waals surface area (Å²) in [6.45, 7) is 4.06. The maximum absolute atomic E-state index is 4.90. The van der Waals surface area contributed by atoms with E-state index in [0.29, 0.717) is 0 Å². The van der Waals surface area contributed by atoms with E-state index in [1.807, 2.05) is 19.9 Å². The fraction of sp³-hybridized carbons (Fsp3) is 0.107. The maximum atomic E-state index is 4.90. The molecular weight excluding hydrogens is 505 g/mol. The van der Waals surface area contributed by atoms with E-state index in [9.17, 15) is 0 Å². The molecule has 0 aliphatic carbocycles. The molecule has 0 amide bonds. The van der Waals surface area contributed by atoms with Crippen LogP contribution in [0.2, 0.25) is 0 Å². The van der Waals surface area contributed by atoms with Gasteiger partial charge in [-0.1, -0.05) is 78.9 Å². The van der Waals surface area contributed by atoms with Crippen LogP contribution in [0.4, 0.5) is 11.4 Å². The van der Waals surface area contributed by atoms with Crippen molar-refractivity contribution in [3.63, 3.8) is 0 Å². The van der Waals surface area contributed by atoms with Crippen LogP contribution in [0.1, 0.15) is 20.3 Å². The van der Waals surface area contributed by atoms with E-state index < -0.39 is 0 Å². The summed E-state index contributed by atoms with van der Waals surface area (Å²) in [5, 5.41) is 4.70. The second-order valence-electron chi connectivity index (χ2n) is 7.79. The fourth-order valence-electron chi connectivity index (χ4n) is 3.98. The first kappa shape index (κ1) is 24.4. The molecule has 172 valence electrons. The van der Waals surface area contributed by atoms with Gasteiger partial charge in [0.15, 0.2) is 0 Å². The summed E-state index contributed by atoms with van der Waals surface area (Å²) in [5.74, 6) is 0. The van der Waals surface area contributed by atoms with Crippen molar-refractivity contribution in [2.75, 3.05) is 0 Å². The molecule has 0 aromatic heterocycles. The van der Waals surface area contributed by atoms with Gasteiger partial charge in [0.2, 0.25) is 0 Å². The van der Waals surface area contributed by atoms with Gasteiger partial charge in [-0.3, -0.25) is 9.98 Å². The minimum absolute atomic E-state index is 0.194. The number of hydrogen-bond donors (Lipinski definition) is 0. The Hall–Kier alpha value is -2.75. The quantitative estimate of drug-likeness (QED) is 0.187. The molecular formula is C28H23Cl2FeN3. The number of halogens is 2. The monoisotopic (exact) mass is 527 g/mol. The number of fused-ring (bicyclic) bond motifs is 2. The zero-order valence-corrected chi connectivity index (χ0v) is 21.4. The third kappa shape index (κ3) is 5.65. The van der Waals surface area contributed by atoms with Crippen LogP contribution < -0.4 is 0 Å². The molecule has 0 N–H and O–H groups in total. The number of rotatable bonds is 4. The van der Waals surface area contributed by atoms with Crippen LogP contribution in [0.3, 0.4) is 0 Å². The number of aliphatic imine (C=N–C) groups is 3. The predicted octanol–water partition coefficient (Wildman–Crippen LogP) is 8.98. The van der Waals surface area contributed by atoms with Gasteiger partial charge in [-0.15, -0.1) is 0 Å². The second kappa shape index (κ2) is 11.6. The molecule has 1 aliphatic heterocycles. The van der Waals surface area contributed by atoms with Crippen molar-refractivity contribution in [2.45, 2.75) is 20.3 Å². The van der Waals surface area contributed by atoms with Crippen LogP contribution in [0.15, 0.2) is 112 Å². The Balaban J connectivity index is 0.000000868. The van der Waals surface area contributed by atoms with Crippen molar-refractivity contribution in [3.8, 4) is 0 Å². The van der Waals surface area contributed by atoms with Crippen LogP contribution in [0.25, 0.3) is 21.5 Å². The number of benzene rings is 4. The Bertz CT molecular complexity index is 1440. The fourth-order valence-corrected chi connectivity index (χ4v) is 3.98. The third-order valence-corrected chi connectivity index (χ3v) is 5.64. The standard InChI is InChI=1S/C28H23N3.2ClH.Fe/c1-19(29-27-15-7-11-21-9-3-5-13-23(21)27)25-17-18-26(31-25)20(2)30-28-16-8-12-22-10-4-6-14-24(22)28;;;/h3-17H,18H2,1-2H3;2*1H;/q;;;+2/p-2. The van der Waals surface area contributed by atoms with Gasteiger partial charge in [-0.25, -0.2) is 4.99 Å². The summed E-state index contributed by atoms with van der Waals surface area (Å²) >= 11 is 0.194. The van der Waals surface area contributed by atoms with Crippen molar-refractivity contribution in [1.29, 1.82) is 0 Å². The third-order valence-electron chi connectivity index (χ3n) is 5.64. The molecule has 0 fully saturated rings. The SMILES string of the molecule is CC(=Nc1cccc2ccccc12)C1=CCC(C(C)=Nc2cccc3ccccc23)=N1.[Cl][Fe][Cl]. The number of nitrogens with zero attached hydrogens (tertiary/aromatic N) is 3. The molecule has 0 bridgehead atoms. The van der Waals surface area contributed by atoms with Crippen LogP contribution >= 0.6 is 20.2 Å². The van der Waals surface area contributed by atoms with Gasteiger partial charge in [-0.05, 0) is 36.8 Å². The van der Waals surface area contributed by atoms with E-state index in [-0.39, 0.29) is 13.1 Å². The predicted molar refractivity (Wildman–Crippen MR) is 145 cm³/mol. The molecule has 4 aromatic carbocycles. The van der Waals surface area contributed by atoms with Gasteiger partial charge in [0.05, 0.1) is 34.2 Å². The summed E-state index contributed by atoms with van der Waals surface area (Å²) in [6, 6.07) is 29.1. The molecule has 0 unspecified atom stereocenters. The Morgan fingerprint density at radius 1 is 0.706 bits per heavy atom. The van der Waals surface area contributed by atoms with Gasteiger partial charge < -0.3 is 0 Å². The molecule has 0 saturated carbocycles. The Labute approximate surface area is 214 Å². The van der Waals surface area contributed by atoms with E-state index >= 15 is 0 Å². The first-order chi connectivity index (χ1) is 16.6. The van der Waals surface area contributed by atoms with Crippen LogP contribution in [-0.2, 0) is 13.1 Å². The van der Waals surface area contributed by atoms with E-state index in [2.05, 4.69) is 84.9 Å². The molecule has 4 aromatic rings. The van der Waals surface area contributed by atoms with Crippen molar-refractivity contribution in [1.82, 2.24) is 0 Å². The molecule has 0 atom stereocenters. The molecule has 0 radical (unpaired) electrons. The first-order valence-corrected chi connectivity index (χ1v) is 13.8. The van der Waals surface area contributed by atoms with Gasteiger partial charge in [0, 0.05) is 17.2 Å². The van der Waals surface area contributed by atoms with Gasteiger partial charge in [0.25, 0.3) is 0 Å². The number of allylic oxidation sites excluding steroid dienone is 2. The summed E-state index contributed by atoms with van der Waals surface area (Å²) in [5.41, 5.74) is 5.74. The molecule has 6 heteroatoms. The summed E-state index contributed by atoms with van der Waals surface area (Å²) in [7, 11) is 9.53. The second-order valence-corrected chi connectivity index (χ2v) is 9.62. The van der Waals surface area contributed by atoms with Gasteiger partial charge in [-0.2, -0.15) is 0 Å². The summed E-state index contributed by atoms with van der Waals surface area (Å²) in [4.78, 5) is 14.6. The van der Waals surface area contributed by atoms with Crippen molar-refractivity contribution in [3.05, 3.63) is 96.7 Å². The first-order valence-electron chi connectivity index (χ1n) is 10.8. The average Bonchev–Trinajstić information content (AvgIpc) is 3.36. The van der Waals surface area contributed by atoms with Crippen molar-refractivity contribution >= 4 is 70.3 Å². The number of hydrogen-bond acceptors (Lipinski definition) is 3. The molecule has 0 saturated heterocycles. The Morgan fingerprint density at radius 3 is 1.74 bits per heavy atom. The normalized spacial score (nSPS) is 14.1. The molecule has 1 heterocycles. The topological polar surface area (TPSA) is 37.1 Å².